The van der Waals surface area contributed by atoms with Crippen molar-refractivity contribution in [1.29, 1.82) is 0 Å². The van der Waals surface area contributed by atoms with Gasteiger partial charge in [0.2, 0.25) is 0 Å². The predicted octanol–water partition coefficient (Wildman–Crippen LogP) is 1.27. The molecule has 2 rings (SSSR count). The van der Waals surface area contributed by atoms with Crippen molar-refractivity contribution >= 4 is 36.6 Å². The third-order valence-corrected chi connectivity index (χ3v) is 2.74. The van der Waals surface area contributed by atoms with Crippen LogP contribution in [0.4, 0.5) is 5.82 Å². The second kappa shape index (κ2) is 8.90. The smallest absolute Gasteiger partial charge is 0.358 e. The number of esters is 1. The van der Waals surface area contributed by atoms with Gasteiger partial charge in [0.15, 0.2) is 5.69 Å². The molecule has 2 heterocycles. The fourth-order valence-corrected chi connectivity index (χ4v) is 1.79. The lowest BCUT2D eigenvalue weighted by Crippen LogP contribution is -2.35. The summed E-state index contributed by atoms with van der Waals surface area (Å²) in [6, 6.07) is 0.425. The summed E-state index contributed by atoms with van der Waals surface area (Å²) < 4.78 is 4.56. The molecule has 19 heavy (non-hydrogen) atoms. The number of nitrogens with zero attached hydrogens (tertiary/aromatic N) is 2. The Bertz CT molecular complexity index is 383. The van der Waals surface area contributed by atoms with E-state index >= 15 is 0 Å². The lowest BCUT2D eigenvalue weighted by molar-refractivity contribution is 0.0593. The zero-order valence-corrected chi connectivity index (χ0v) is 12.2. The highest BCUT2D eigenvalue weighted by molar-refractivity contribution is 5.86. The number of anilines is 1. The molecule has 6 nitrogen and oxygen atoms in total. The van der Waals surface area contributed by atoms with Crippen LogP contribution in [0.3, 0.4) is 0 Å². The van der Waals surface area contributed by atoms with Crippen molar-refractivity contribution in [1.82, 2.24) is 15.3 Å². The number of piperidine rings is 1. The monoisotopic (exact) mass is 308 g/mol. The molecule has 8 heteroatoms. The van der Waals surface area contributed by atoms with E-state index in [-0.39, 0.29) is 30.5 Å². The number of aromatic nitrogens is 2. The molecule has 0 unspecified atom stereocenters. The van der Waals surface area contributed by atoms with Crippen molar-refractivity contribution < 1.29 is 9.53 Å². The van der Waals surface area contributed by atoms with Crippen LogP contribution in [-0.4, -0.2) is 42.2 Å². The standard InChI is InChI=1S/C11H16N4O2.2ClH/c1-17-11(16)9-6-14-10(7-13-9)15-8-2-4-12-5-3-8;;/h6-8,12H,2-5H2,1H3,(H,14,15);2*1H. The van der Waals surface area contributed by atoms with E-state index in [0.717, 1.165) is 25.9 Å². The summed E-state index contributed by atoms with van der Waals surface area (Å²) in [5, 5.41) is 6.59. The van der Waals surface area contributed by atoms with Crippen molar-refractivity contribution in [3.63, 3.8) is 0 Å². The fraction of sp³-hybridized carbons (Fsp3) is 0.545. The minimum absolute atomic E-state index is 0. The largest absolute Gasteiger partial charge is 0.464 e. The molecule has 1 aliphatic heterocycles. The molecule has 1 aromatic heterocycles. The molecular weight excluding hydrogens is 291 g/mol. The van der Waals surface area contributed by atoms with E-state index in [0.29, 0.717) is 11.9 Å². The number of carbonyl (C=O) groups is 1. The van der Waals surface area contributed by atoms with Crippen molar-refractivity contribution in [3.8, 4) is 0 Å². The maximum Gasteiger partial charge on any atom is 0.358 e. The van der Waals surface area contributed by atoms with E-state index < -0.39 is 5.97 Å². The predicted molar refractivity (Wildman–Crippen MR) is 77.4 cm³/mol. The SMILES string of the molecule is COC(=O)c1cnc(NC2CCNCC2)cn1.Cl.Cl. The molecule has 1 aliphatic rings. The average molecular weight is 309 g/mol. The van der Waals surface area contributed by atoms with Gasteiger partial charge in [-0.1, -0.05) is 0 Å². The molecular formula is C11H18Cl2N4O2. The molecule has 0 aliphatic carbocycles. The van der Waals surface area contributed by atoms with Crippen molar-refractivity contribution in [2.45, 2.75) is 18.9 Å². The Hall–Kier alpha value is -1.11. The van der Waals surface area contributed by atoms with Gasteiger partial charge >= 0.3 is 5.97 Å². The van der Waals surface area contributed by atoms with Crippen LogP contribution in [0.25, 0.3) is 0 Å². The number of hydrogen-bond acceptors (Lipinski definition) is 6. The summed E-state index contributed by atoms with van der Waals surface area (Å²) in [5.41, 5.74) is 0.225. The average Bonchev–Trinajstić information content (AvgIpc) is 2.40. The van der Waals surface area contributed by atoms with E-state index in [2.05, 4.69) is 25.3 Å². The first-order valence-electron chi connectivity index (χ1n) is 5.67. The number of methoxy groups -OCH3 is 1. The lowest BCUT2D eigenvalue weighted by Gasteiger charge is -2.23. The van der Waals surface area contributed by atoms with Crippen molar-refractivity contribution in [3.05, 3.63) is 18.1 Å². The second-order valence-electron chi connectivity index (χ2n) is 3.95. The van der Waals surface area contributed by atoms with Gasteiger partial charge in [-0.2, -0.15) is 0 Å². The molecule has 108 valence electrons. The summed E-state index contributed by atoms with van der Waals surface area (Å²) in [7, 11) is 1.32. The molecule has 0 saturated carbocycles. The van der Waals surface area contributed by atoms with Crippen LogP contribution >= 0.6 is 24.8 Å². The fourth-order valence-electron chi connectivity index (χ4n) is 1.79. The van der Waals surface area contributed by atoms with Crippen LogP contribution in [0.15, 0.2) is 12.4 Å². The molecule has 2 N–H and O–H groups in total. The first kappa shape index (κ1) is 17.9. The molecule has 0 amide bonds. The van der Waals surface area contributed by atoms with Crippen molar-refractivity contribution in [2.75, 3.05) is 25.5 Å². The van der Waals surface area contributed by atoms with Gasteiger partial charge in [0.05, 0.1) is 19.5 Å². The maximum absolute atomic E-state index is 11.2. The summed E-state index contributed by atoms with van der Waals surface area (Å²) in [5.74, 6) is 0.232. The number of carbonyl (C=O) groups excluding carboxylic acids is 1. The third-order valence-electron chi connectivity index (χ3n) is 2.74. The highest BCUT2D eigenvalue weighted by Gasteiger charge is 2.13. The molecule has 0 atom stereocenters. The molecule has 0 aromatic carbocycles. The van der Waals surface area contributed by atoms with Gasteiger partial charge < -0.3 is 15.4 Å². The number of halogens is 2. The van der Waals surface area contributed by atoms with E-state index in [9.17, 15) is 4.79 Å². The normalized spacial score (nSPS) is 14.8. The molecule has 0 bridgehead atoms. The Morgan fingerprint density at radius 3 is 2.53 bits per heavy atom. The maximum atomic E-state index is 11.2. The topological polar surface area (TPSA) is 76.1 Å². The Morgan fingerprint density at radius 1 is 1.32 bits per heavy atom. The van der Waals surface area contributed by atoms with Crippen LogP contribution in [0, 0.1) is 0 Å². The lowest BCUT2D eigenvalue weighted by atomic mass is 10.1. The van der Waals surface area contributed by atoms with E-state index in [1.54, 1.807) is 6.20 Å². The Morgan fingerprint density at radius 2 is 2.00 bits per heavy atom. The van der Waals surface area contributed by atoms with E-state index in [4.69, 9.17) is 0 Å². The van der Waals surface area contributed by atoms with Gasteiger partial charge in [-0.05, 0) is 25.9 Å². The van der Waals surface area contributed by atoms with Gasteiger partial charge in [0.25, 0.3) is 0 Å². The highest BCUT2D eigenvalue weighted by Crippen LogP contribution is 2.10. The summed E-state index contributed by atoms with van der Waals surface area (Å²) >= 11 is 0. The second-order valence-corrected chi connectivity index (χ2v) is 3.95. The van der Waals surface area contributed by atoms with E-state index in [1.807, 2.05) is 0 Å². The molecule has 0 radical (unpaired) electrons. The number of hydrogen-bond donors (Lipinski definition) is 2. The van der Waals surface area contributed by atoms with Gasteiger partial charge in [0, 0.05) is 6.04 Å². The zero-order chi connectivity index (χ0) is 12.1. The summed E-state index contributed by atoms with van der Waals surface area (Å²) in [6.07, 6.45) is 5.13. The van der Waals surface area contributed by atoms with Gasteiger partial charge in [-0.15, -0.1) is 24.8 Å². The Labute approximate surface area is 124 Å². The first-order chi connectivity index (χ1) is 8.29. The van der Waals surface area contributed by atoms with Crippen molar-refractivity contribution in [2.24, 2.45) is 0 Å². The third kappa shape index (κ3) is 5.18. The van der Waals surface area contributed by atoms with Crippen LogP contribution < -0.4 is 10.6 Å². The minimum atomic E-state index is -0.467. The zero-order valence-electron chi connectivity index (χ0n) is 10.6. The van der Waals surface area contributed by atoms with Crippen LogP contribution in [0.5, 0.6) is 0 Å². The van der Waals surface area contributed by atoms with Crippen LogP contribution in [-0.2, 0) is 4.74 Å². The number of nitrogens with one attached hydrogen (secondary N) is 2. The number of ether oxygens (including phenoxy) is 1. The quantitative estimate of drug-likeness (QED) is 0.819. The first-order valence-corrected chi connectivity index (χ1v) is 5.67. The van der Waals surface area contributed by atoms with E-state index in [1.165, 1.54) is 13.3 Å². The Kier molecular flexibility index (Phi) is 8.38. The molecule has 1 saturated heterocycles. The number of rotatable bonds is 3. The Balaban J connectivity index is 0.00000162. The van der Waals surface area contributed by atoms with Gasteiger partial charge in [-0.3, -0.25) is 0 Å². The van der Waals surface area contributed by atoms with Crippen LogP contribution in [0.2, 0.25) is 0 Å². The molecule has 0 spiro atoms. The molecule has 1 aromatic rings. The summed E-state index contributed by atoms with van der Waals surface area (Å²) in [4.78, 5) is 19.3. The highest BCUT2D eigenvalue weighted by atomic mass is 35.5. The van der Waals surface area contributed by atoms with Gasteiger partial charge in [-0.25, -0.2) is 14.8 Å². The molecule has 1 fully saturated rings. The minimum Gasteiger partial charge on any atom is -0.464 e. The summed E-state index contributed by atoms with van der Waals surface area (Å²) in [6.45, 7) is 2.04. The van der Waals surface area contributed by atoms with Gasteiger partial charge in [0.1, 0.15) is 5.82 Å². The van der Waals surface area contributed by atoms with Crippen LogP contribution in [0.1, 0.15) is 23.3 Å².